The average Bonchev–Trinajstić information content (AvgIpc) is 3.35. The second-order valence-electron chi connectivity index (χ2n) is 9.17. The molecule has 178 valence electrons. The molecule has 0 bridgehead atoms. The summed E-state index contributed by atoms with van der Waals surface area (Å²) in [5.74, 6) is 1.04. The minimum Gasteiger partial charge on any atom is -0.467 e. The zero-order chi connectivity index (χ0) is 23.9. The number of aryl methyl sites for hydroxylation is 1. The molecule has 6 heteroatoms. The lowest BCUT2D eigenvalue weighted by atomic mass is 9.87. The van der Waals surface area contributed by atoms with Crippen LogP contribution >= 0.6 is 0 Å². The van der Waals surface area contributed by atoms with E-state index in [-0.39, 0.29) is 30.9 Å². The fourth-order valence-electron chi connectivity index (χ4n) is 4.40. The predicted octanol–water partition coefficient (Wildman–Crippen LogP) is 6.02. The number of benzene rings is 2. The van der Waals surface area contributed by atoms with Gasteiger partial charge >= 0.3 is 6.03 Å². The number of nitrogens with one attached hydrogen (secondary N) is 2. The van der Waals surface area contributed by atoms with Crippen LogP contribution in [-0.2, 0) is 17.8 Å². The molecular formula is C28H33N3O3. The van der Waals surface area contributed by atoms with Gasteiger partial charge in [-0.2, -0.15) is 0 Å². The molecule has 3 amide bonds. The van der Waals surface area contributed by atoms with Crippen LogP contribution in [-0.4, -0.2) is 23.4 Å². The summed E-state index contributed by atoms with van der Waals surface area (Å²) in [4.78, 5) is 27.5. The maximum atomic E-state index is 13.1. The number of carbonyl (C=O) groups is 2. The van der Waals surface area contributed by atoms with Crippen LogP contribution in [0, 0.1) is 0 Å². The summed E-state index contributed by atoms with van der Waals surface area (Å²) in [5, 5.41) is 6.13. The molecule has 4 rings (SSSR count). The van der Waals surface area contributed by atoms with Crippen LogP contribution in [0.15, 0.2) is 71.3 Å². The van der Waals surface area contributed by atoms with E-state index >= 15 is 0 Å². The summed E-state index contributed by atoms with van der Waals surface area (Å²) in [7, 11) is 0. The molecule has 0 radical (unpaired) electrons. The highest BCUT2D eigenvalue weighted by atomic mass is 16.3. The molecule has 1 heterocycles. The molecule has 34 heavy (non-hydrogen) atoms. The van der Waals surface area contributed by atoms with E-state index < -0.39 is 0 Å². The van der Waals surface area contributed by atoms with Crippen LogP contribution in [0.4, 0.5) is 10.5 Å². The number of anilines is 1. The Kier molecular flexibility index (Phi) is 7.68. The second kappa shape index (κ2) is 11.1. The Morgan fingerprint density at radius 2 is 1.85 bits per heavy atom. The highest BCUT2D eigenvalue weighted by Crippen LogP contribution is 2.29. The zero-order valence-corrected chi connectivity index (χ0v) is 19.9. The number of amides is 3. The first kappa shape index (κ1) is 23.6. The molecule has 2 N–H and O–H groups in total. The van der Waals surface area contributed by atoms with Gasteiger partial charge in [-0.05, 0) is 66.1 Å². The Bertz CT molecular complexity index is 1090. The molecule has 3 aromatic rings. The Labute approximate surface area is 201 Å². The van der Waals surface area contributed by atoms with E-state index in [1.54, 1.807) is 17.2 Å². The summed E-state index contributed by atoms with van der Waals surface area (Å²) >= 11 is 0. The third-order valence-corrected chi connectivity index (χ3v) is 6.36. The topological polar surface area (TPSA) is 74.6 Å². The summed E-state index contributed by atoms with van der Waals surface area (Å²) in [6.07, 6.45) is 4.86. The molecule has 0 fully saturated rings. The first-order valence-corrected chi connectivity index (χ1v) is 12.0. The average molecular weight is 460 g/mol. The van der Waals surface area contributed by atoms with Gasteiger partial charge in [-0.25, -0.2) is 4.79 Å². The maximum absolute atomic E-state index is 13.1. The SMILES string of the molecule is CC(C)c1ccc(NC(=O)N(CCC(=O)NC2CCCc3ccccc32)Cc2ccco2)cc1. The van der Waals surface area contributed by atoms with E-state index in [0.29, 0.717) is 18.2 Å². The van der Waals surface area contributed by atoms with Gasteiger partial charge in [0.05, 0.1) is 18.8 Å². The van der Waals surface area contributed by atoms with Gasteiger partial charge in [0.2, 0.25) is 5.91 Å². The third kappa shape index (κ3) is 6.07. The van der Waals surface area contributed by atoms with Crippen molar-refractivity contribution in [1.29, 1.82) is 0 Å². The minimum atomic E-state index is -0.260. The Balaban J connectivity index is 1.38. The first-order chi connectivity index (χ1) is 16.5. The highest BCUT2D eigenvalue weighted by molar-refractivity contribution is 5.89. The Morgan fingerprint density at radius 3 is 2.59 bits per heavy atom. The van der Waals surface area contributed by atoms with Crippen molar-refractivity contribution in [3.05, 3.63) is 89.4 Å². The molecular weight excluding hydrogens is 426 g/mol. The third-order valence-electron chi connectivity index (χ3n) is 6.36. The second-order valence-corrected chi connectivity index (χ2v) is 9.17. The molecule has 1 aliphatic rings. The van der Waals surface area contributed by atoms with E-state index in [1.807, 2.05) is 42.5 Å². The monoisotopic (exact) mass is 459 g/mol. The maximum Gasteiger partial charge on any atom is 0.322 e. The highest BCUT2D eigenvalue weighted by Gasteiger charge is 2.22. The standard InChI is InChI=1S/C28H33N3O3/c1-20(2)21-12-14-23(15-13-21)29-28(33)31(19-24-9-6-18-34-24)17-16-27(32)30-26-11-5-8-22-7-3-4-10-25(22)26/h3-4,6-7,9-10,12-15,18,20,26H,5,8,11,16-17,19H2,1-2H3,(H,29,33)(H,30,32). The van der Waals surface area contributed by atoms with Gasteiger partial charge in [0.15, 0.2) is 0 Å². The number of urea groups is 1. The van der Waals surface area contributed by atoms with E-state index in [4.69, 9.17) is 4.42 Å². The number of furan rings is 1. The molecule has 1 aromatic heterocycles. The van der Waals surface area contributed by atoms with E-state index in [0.717, 1.165) is 24.9 Å². The molecule has 1 unspecified atom stereocenters. The zero-order valence-electron chi connectivity index (χ0n) is 19.9. The van der Waals surface area contributed by atoms with Gasteiger partial charge in [0, 0.05) is 18.7 Å². The number of rotatable bonds is 8. The van der Waals surface area contributed by atoms with Crippen molar-refractivity contribution in [3.63, 3.8) is 0 Å². The van der Waals surface area contributed by atoms with Gasteiger partial charge < -0.3 is 20.0 Å². The summed E-state index contributed by atoms with van der Waals surface area (Å²) in [6.45, 7) is 4.85. The van der Waals surface area contributed by atoms with Crippen molar-refractivity contribution in [2.75, 3.05) is 11.9 Å². The Morgan fingerprint density at radius 1 is 1.06 bits per heavy atom. The normalized spacial score (nSPS) is 15.0. The first-order valence-electron chi connectivity index (χ1n) is 12.0. The van der Waals surface area contributed by atoms with Crippen molar-refractivity contribution in [2.45, 2.75) is 58.0 Å². The van der Waals surface area contributed by atoms with Crippen molar-refractivity contribution in [3.8, 4) is 0 Å². The minimum absolute atomic E-state index is 0.0317. The van der Waals surface area contributed by atoms with Crippen LogP contribution in [0.1, 0.15) is 67.5 Å². The van der Waals surface area contributed by atoms with E-state index in [2.05, 4.69) is 36.6 Å². The van der Waals surface area contributed by atoms with Gasteiger partial charge in [0.1, 0.15) is 5.76 Å². The quantitative estimate of drug-likeness (QED) is 0.432. The summed E-state index contributed by atoms with van der Waals surface area (Å²) < 4.78 is 5.45. The molecule has 6 nitrogen and oxygen atoms in total. The number of hydrogen-bond acceptors (Lipinski definition) is 3. The fourth-order valence-corrected chi connectivity index (χ4v) is 4.40. The van der Waals surface area contributed by atoms with Gasteiger partial charge in [-0.1, -0.05) is 50.2 Å². The number of carbonyl (C=O) groups excluding carboxylic acids is 2. The predicted molar refractivity (Wildman–Crippen MR) is 134 cm³/mol. The fraction of sp³-hybridized carbons (Fsp3) is 0.357. The smallest absolute Gasteiger partial charge is 0.322 e. The molecule has 0 spiro atoms. The summed E-state index contributed by atoms with van der Waals surface area (Å²) in [5.41, 5.74) is 4.45. The van der Waals surface area contributed by atoms with Crippen LogP contribution < -0.4 is 10.6 Å². The van der Waals surface area contributed by atoms with Crippen molar-refractivity contribution >= 4 is 17.6 Å². The van der Waals surface area contributed by atoms with Gasteiger partial charge in [-0.3, -0.25) is 4.79 Å². The Hall–Kier alpha value is -3.54. The molecule has 0 saturated carbocycles. The molecule has 1 aliphatic carbocycles. The lowest BCUT2D eigenvalue weighted by Gasteiger charge is -2.27. The molecule has 1 atom stereocenters. The van der Waals surface area contributed by atoms with Crippen LogP contribution in [0.5, 0.6) is 0 Å². The number of nitrogens with zero attached hydrogens (tertiary/aromatic N) is 1. The number of hydrogen-bond donors (Lipinski definition) is 2. The van der Waals surface area contributed by atoms with Crippen LogP contribution in [0.2, 0.25) is 0 Å². The van der Waals surface area contributed by atoms with Crippen LogP contribution in [0.25, 0.3) is 0 Å². The lowest BCUT2D eigenvalue weighted by Crippen LogP contribution is -2.38. The molecule has 2 aromatic carbocycles. The van der Waals surface area contributed by atoms with Crippen molar-refractivity contribution < 1.29 is 14.0 Å². The van der Waals surface area contributed by atoms with E-state index in [9.17, 15) is 9.59 Å². The van der Waals surface area contributed by atoms with E-state index in [1.165, 1.54) is 16.7 Å². The van der Waals surface area contributed by atoms with Crippen molar-refractivity contribution in [1.82, 2.24) is 10.2 Å². The summed E-state index contributed by atoms with van der Waals surface area (Å²) in [6, 6.07) is 19.6. The molecule has 0 aliphatic heterocycles. The van der Waals surface area contributed by atoms with Crippen LogP contribution in [0.3, 0.4) is 0 Å². The van der Waals surface area contributed by atoms with Gasteiger partial charge in [0.25, 0.3) is 0 Å². The van der Waals surface area contributed by atoms with Gasteiger partial charge in [-0.15, -0.1) is 0 Å². The lowest BCUT2D eigenvalue weighted by molar-refractivity contribution is -0.122. The molecule has 0 saturated heterocycles. The number of fused-ring (bicyclic) bond motifs is 1. The van der Waals surface area contributed by atoms with Crippen molar-refractivity contribution in [2.24, 2.45) is 0 Å². The largest absolute Gasteiger partial charge is 0.467 e.